The summed E-state index contributed by atoms with van der Waals surface area (Å²) in [7, 11) is 0. The fourth-order valence-electron chi connectivity index (χ4n) is 1.85. The summed E-state index contributed by atoms with van der Waals surface area (Å²) in [5, 5.41) is 9.65. The molecule has 0 atom stereocenters. The summed E-state index contributed by atoms with van der Waals surface area (Å²) in [6.45, 7) is 0.353. The van der Waals surface area contributed by atoms with Crippen LogP contribution in [0.3, 0.4) is 0 Å². The lowest BCUT2D eigenvalue weighted by Gasteiger charge is -1.99. The van der Waals surface area contributed by atoms with Crippen LogP contribution < -0.4 is 5.32 Å². The van der Waals surface area contributed by atoms with Crippen LogP contribution in [0.15, 0.2) is 48.8 Å². The minimum absolute atomic E-state index is 0.212. The van der Waals surface area contributed by atoms with E-state index in [4.69, 9.17) is 0 Å². The van der Waals surface area contributed by atoms with Gasteiger partial charge in [0.1, 0.15) is 11.5 Å². The number of nitrogens with one attached hydrogen (secondary N) is 3. The molecule has 20 heavy (non-hydrogen) atoms. The van der Waals surface area contributed by atoms with E-state index in [9.17, 15) is 4.79 Å². The van der Waals surface area contributed by atoms with Gasteiger partial charge >= 0.3 is 0 Å². The Kier molecular flexibility index (Phi) is 3.28. The van der Waals surface area contributed by atoms with Crippen molar-refractivity contribution in [3.8, 4) is 11.3 Å². The third kappa shape index (κ3) is 2.59. The molecular weight excluding hydrogens is 254 g/mol. The summed E-state index contributed by atoms with van der Waals surface area (Å²) in [5.74, 6) is 0.497. The second-order valence-electron chi connectivity index (χ2n) is 4.25. The molecule has 0 saturated carbocycles. The average Bonchev–Trinajstić information content (AvgIpc) is 3.17. The van der Waals surface area contributed by atoms with Gasteiger partial charge in [-0.3, -0.25) is 9.89 Å². The number of amides is 1. The van der Waals surface area contributed by atoms with E-state index in [1.54, 1.807) is 18.5 Å². The van der Waals surface area contributed by atoms with E-state index in [0.717, 1.165) is 11.3 Å². The normalized spacial score (nSPS) is 10.4. The molecule has 3 rings (SSSR count). The Hall–Kier alpha value is -2.89. The molecular formula is C14H13N5O. The van der Waals surface area contributed by atoms with Crippen LogP contribution in [0.5, 0.6) is 0 Å². The van der Waals surface area contributed by atoms with Gasteiger partial charge in [0.05, 0.1) is 12.2 Å². The maximum Gasteiger partial charge on any atom is 0.269 e. The van der Waals surface area contributed by atoms with Crippen LogP contribution in [0.4, 0.5) is 0 Å². The summed E-state index contributed by atoms with van der Waals surface area (Å²) >= 11 is 0. The Morgan fingerprint density at radius 2 is 2.10 bits per heavy atom. The lowest BCUT2D eigenvalue weighted by Crippen LogP contribution is -2.23. The first kappa shape index (κ1) is 12.2. The van der Waals surface area contributed by atoms with Gasteiger partial charge in [0.15, 0.2) is 0 Å². The van der Waals surface area contributed by atoms with Gasteiger partial charge in [-0.15, -0.1) is 0 Å². The molecule has 2 aromatic heterocycles. The lowest BCUT2D eigenvalue weighted by atomic mass is 10.1. The van der Waals surface area contributed by atoms with Gasteiger partial charge in [-0.2, -0.15) is 5.10 Å². The average molecular weight is 267 g/mol. The van der Waals surface area contributed by atoms with Crippen molar-refractivity contribution in [1.29, 1.82) is 0 Å². The molecule has 0 saturated heterocycles. The second kappa shape index (κ2) is 5.40. The van der Waals surface area contributed by atoms with E-state index in [2.05, 4.69) is 25.5 Å². The minimum Gasteiger partial charge on any atom is -0.347 e. The first-order valence-corrected chi connectivity index (χ1v) is 6.20. The van der Waals surface area contributed by atoms with Crippen molar-refractivity contribution in [1.82, 2.24) is 25.5 Å². The van der Waals surface area contributed by atoms with Gasteiger partial charge in [-0.05, 0) is 6.07 Å². The first-order chi connectivity index (χ1) is 9.83. The van der Waals surface area contributed by atoms with Crippen LogP contribution in [0.25, 0.3) is 11.3 Å². The Bertz CT molecular complexity index is 687. The molecule has 6 nitrogen and oxygen atoms in total. The number of aromatic nitrogens is 4. The molecule has 2 heterocycles. The highest BCUT2D eigenvalue weighted by Crippen LogP contribution is 2.16. The summed E-state index contributed by atoms with van der Waals surface area (Å²) in [6.07, 6.45) is 3.36. The number of aromatic amines is 2. The summed E-state index contributed by atoms with van der Waals surface area (Å²) < 4.78 is 0. The van der Waals surface area contributed by atoms with Crippen LogP contribution in [0.2, 0.25) is 0 Å². The van der Waals surface area contributed by atoms with Crippen molar-refractivity contribution < 1.29 is 4.79 Å². The van der Waals surface area contributed by atoms with Crippen molar-refractivity contribution in [2.45, 2.75) is 6.54 Å². The van der Waals surface area contributed by atoms with E-state index >= 15 is 0 Å². The SMILES string of the molecule is O=C(NCc1ncc[nH]1)c1cc(-c2ccccc2)n[nH]1. The molecule has 6 heteroatoms. The van der Waals surface area contributed by atoms with E-state index in [-0.39, 0.29) is 5.91 Å². The van der Waals surface area contributed by atoms with Crippen LogP contribution >= 0.6 is 0 Å². The number of benzene rings is 1. The zero-order valence-corrected chi connectivity index (χ0v) is 10.6. The lowest BCUT2D eigenvalue weighted by molar-refractivity contribution is 0.0945. The number of imidazole rings is 1. The van der Waals surface area contributed by atoms with Crippen LogP contribution in [-0.2, 0) is 6.54 Å². The van der Waals surface area contributed by atoms with Gasteiger partial charge in [0.25, 0.3) is 5.91 Å². The fourth-order valence-corrected chi connectivity index (χ4v) is 1.85. The van der Waals surface area contributed by atoms with Crippen molar-refractivity contribution in [3.05, 3.63) is 60.3 Å². The molecule has 0 unspecified atom stereocenters. The maximum atomic E-state index is 12.0. The van der Waals surface area contributed by atoms with Gasteiger partial charge in [0.2, 0.25) is 0 Å². The van der Waals surface area contributed by atoms with Crippen molar-refractivity contribution >= 4 is 5.91 Å². The molecule has 3 N–H and O–H groups in total. The molecule has 0 fully saturated rings. The van der Waals surface area contributed by atoms with E-state index < -0.39 is 0 Å². The number of rotatable bonds is 4. The number of hydrogen-bond donors (Lipinski definition) is 3. The highest BCUT2D eigenvalue weighted by atomic mass is 16.1. The summed E-state index contributed by atoms with van der Waals surface area (Å²) in [5.41, 5.74) is 2.14. The number of hydrogen-bond acceptors (Lipinski definition) is 3. The van der Waals surface area contributed by atoms with E-state index in [1.165, 1.54) is 0 Å². The van der Waals surface area contributed by atoms with Gasteiger partial charge < -0.3 is 10.3 Å². The number of carbonyl (C=O) groups excluding carboxylic acids is 1. The number of H-pyrrole nitrogens is 2. The molecule has 3 aromatic rings. The zero-order chi connectivity index (χ0) is 13.8. The summed E-state index contributed by atoms with van der Waals surface area (Å²) in [4.78, 5) is 18.9. The van der Waals surface area contributed by atoms with Crippen LogP contribution in [-0.4, -0.2) is 26.1 Å². The third-order valence-electron chi connectivity index (χ3n) is 2.86. The van der Waals surface area contributed by atoms with E-state index in [1.807, 2.05) is 30.3 Å². The smallest absolute Gasteiger partial charge is 0.269 e. The Labute approximate surface area is 115 Å². The van der Waals surface area contributed by atoms with Gasteiger partial charge in [-0.1, -0.05) is 30.3 Å². The van der Waals surface area contributed by atoms with Crippen molar-refractivity contribution in [2.24, 2.45) is 0 Å². The van der Waals surface area contributed by atoms with Crippen molar-refractivity contribution in [2.75, 3.05) is 0 Å². The molecule has 1 aromatic carbocycles. The molecule has 0 aliphatic carbocycles. The van der Waals surface area contributed by atoms with Crippen LogP contribution in [0.1, 0.15) is 16.3 Å². The third-order valence-corrected chi connectivity index (χ3v) is 2.86. The predicted molar refractivity (Wildman–Crippen MR) is 73.8 cm³/mol. The molecule has 0 radical (unpaired) electrons. The fraction of sp³-hybridized carbons (Fsp3) is 0.0714. The largest absolute Gasteiger partial charge is 0.347 e. The highest BCUT2D eigenvalue weighted by molar-refractivity contribution is 5.93. The van der Waals surface area contributed by atoms with Crippen LogP contribution in [0, 0.1) is 0 Å². The standard InChI is InChI=1S/C14H13N5O/c20-14(17-9-13-15-6-7-16-13)12-8-11(18-19-12)10-4-2-1-3-5-10/h1-8H,9H2,(H,15,16)(H,17,20)(H,18,19). The Morgan fingerprint density at radius 1 is 1.25 bits per heavy atom. The maximum absolute atomic E-state index is 12.0. The van der Waals surface area contributed by atoms with Gasteiger partial charge in [0, 0.05) is 18.0 Å². The zero-order valence-electron chi connectivity index (χ0n) is 10.6. The number of carbonyl (C=O) groups is 1. The van der Waals surface area contributed by atoms with Gasteiger partial charge in [-0.25, -0.2) is 4.98 Å². The van der Waals surface area contributed by atoms with Crippen molar-refractivity contribution in [3.63, 3.8) is 0 Å². The molecule has 100 valence electrons. The predicted octanol–water partition coefficient (Wildman–Crippen LogP) is 1.73. The first-order valence-electron chi connectivity index (χ1n) is 6.20. The monoisotopic (exact) mass is 267 g/mol. The topological polar surface area (TPSA) is 86.5 Å². The van der Waals surface area contributed by atoms with E-state index in [0.29, 0.717) is 18.1 Å². The molecule has 0 aliphatic rings. The quantitative estimate of drug-likeness (QED) is 0.672. The highest BCUT2D eigenvalue weighted by Gasteiger charge is 2.10. The molecule has 0 bridgehead atoms. The molecule has 1 amide bonds. The minimum atomic E-state index is -0.212. The Morgan fingerprint density at radius 3 is 2.85 bits per heavy atom. The number of nitrogens with zero attached hydrogens (tertiary/aromatic N) is 2. The molecule has 0 spiro atoms. The molecule has 0 aliphatic heterocycles. The Balaban J connectivity index is 1.69. The second-order valence-corrected chi connectivity index (χ2v) is 4.25. The summed E-state index contributed by atoms with van der Waals surface area (Å²) in [6, 6.07) is 11.4.